The second-order valence-electron chi connectivity index (χ2n) is 6.06. The zero-order valence-electron chi connectivity index (χ0n) is 13.9. The Morgan fingerprint density at radius 3 is 1.79 bits per heavy atom. The molecule has 0 spiro atoms. The average molecular weight is 265 g/mol. The number of likely N-dealkylation sites (N-methyl/N-ethyl adjacent to an activating group) is 1. The number of hydrogen-bond acceptors (Lipinski definition) is 2. The highest BCUT2D eigenvalue weighted by atomic mass is 16.1. The van der Waals surface area contributed by atoms with Gasteiger partial charge in [0, 0.05) is 5.41 Å². The fourth-order valence-corrected chi connectivity index (χ4v) is 2.65. The van der Waals surface area contributed by atoms with Crippen molar-refractivity contribution in [3.05, 3.63) is 0 Å². The molecular weight excluding hydrogens is 234 g/mol. The van der Waals surface area contributed by atoms with Gasteiger partial charge >= 0.3 is 0 Å². The summed E-state index contributed by atoms with van der Waals surface area (Å²) in [6, 6.07) is 0. The molecule has 0 fully saturated rings. The van der Waals surface area contributed by atoms with Gasteiger partial charge in [-0.15, -0.1) is 0 Å². The van der Waals surface area contributed by atoms with Gasteiger partial charge in [-0.3, -0.25) is 9.69 Å². The molecule has 0 aromatic heterocycles. The first kappa shape index (κ1) is 18.2. The summed E-state index contributed by atoms with van der Waals surface area (Å²) in [6.45, 7) is 16.5. The normalized spacial score (nSPS) is 12.2. The van der Waals surface area contributed by atoms with Crippen molar-refractivity contribution in [2.75, 3.05) is 13.1 Å². The van der Waals surface area contributed by atoms with Crippen LogP contribution < -0.4 is 0 Å². The third-order valence-electron chi connectivity index (χ3n) is 3.77. The van der Waals surface area contributed by atoms with Crippen molar-refractivity contribution in [2.24, 2.45) is 5.41 Å². The Labute approximate surface area is 119 Å². The van der Waals surface area contributed by atoms with Gasteiger partial charge in [-0.1, -0.05) is 39.5 Å². The topological polar surface area (TPSA) is 20.3 Å². The second kappa shape index (κ2) is 7.70. The van der Waals surface area contributed by atoms with Gasteiger partial charge in [-0.25, -0.2) is 0 Å². The summed E-state index contributed by atoms with van der Waals surface area (Å²) in [4.78, 5) is 14.9. The summed E-state index contributed by atoms with van der Waals surface area (Å²) < 4.78 is 0. The third-order valence-corrected chi connectivity index (χ3v) is 3.77. The predicted octanol–water partition coefficient (Wildman–Crippen LogP) is 3.90. The maximum absolute atomic E-state index is 12.6. The summed E-state index contributed by atoms with van der Waals surface area (Å²) in [7, 11) is 0. The number of carbonyl (C=O) groups excluding carboxylic acids is 1. The minimum atomic E-state index is -0.323. The van der Waals surface area contributed by atoms with Crippen LogP contribution in [0, 0.1) is 17.3 Å². The average Bonchev–Trinajstić information content (AvgIpc) is 2.34. The first-order valence-electron chi connectivity index (χ1n) is 7.55. The Kier molecular flexibility index (Phi) is 7.37. The second-order valence-corrected chi connectivity index (χ2v) is 6.06. The fourth-order valence-electron chi connectivity index (χ4n) is 2.65. The molecule has 0 aromatic rings. The van der Waals surface area contributed by atoms with Crippen molar-refractivity contribution in [1.29, 1.82) is 0 Å². The van der Waals surface area contributed by atoms with Crippen LogP contribution in [-0.2, 0) is 4.79 Å². The zero-order valence-corrected chi connectivity index (χ0v) is 13.9. The van der Waals surface area contributed by atoms with Crippen molar-refractivity contribution in [1.82, 2.24) is 4.90 Å². The van der Waals surface area contributed by atoms with Gasteiger partial charge in [0.25, 0.3) is 0 Å². The predicted molar refractivity (Wildman–Crippen MR) is 83.1 cm³/mol. The van der Waals surface area contributed by atoms with Crippen molar-refractivity contribution in [2.45, 2.75) is 73.3 Å². The van der Waals surface area contributed by atoms with Gasteiger partial charge in [0.15, 0.2) is 5.78 Å². The molecule has 0 aliphatic rings. The quantitative estimate of drug-likeness (QED) is 0.651. The van der Waals surface area contributed by atoms with E-state index in [0.29, 0.717) is 6.42 Å². The fraction of sp³-hybridized carbons (Fsp3) is 0.824. The molecule has 2 nitrogen and oxygen atoms in total. The van der Waals surface area contributed by atoms with Crippen molar-refractivity contribution in [3.8, 4) is 11.8 Å². The zero-order chi connectivity index (χ0) is 15.1. The van der Waals surface area contributed by atoms with E-state index in [1.54, 1.807) is 0 Å². The monoisotopic (exact) mass is 265 g/mol. The molecular formula is C17H31NO. The Balaban J connectivity index is 5.08. The molecule has 19 heavy (non-hydrogen) atoms. The molecule has 0 heterocycles. The number of ketones is 1. The molecule has 0 saturated carbocycles. The molecule has 0 amide bonds. The lowest BCUT2D eigenvalue weighted by molar-refractivity contribution is -0.130. The van der Waals surface area contributed by atoms with Crippen molar-refractivity contribution < 1.29 is 4.79 Å². The number of carbonyl (C=O) groups is 1. The van der Waals surface area contributed by atoms with E-state index < -0.39 is 0 Å². The standard InChI is InChI=1S/C17H31NO/c1-8-17(9-2,18(10-3)11-4)15(19)13-12-14-16(5,6)7/h8-11,13H2,1-7H3. The molecule has 110 valence electrons. The van der Waals surface area contributed by atoms with E-state index in [9.17, 15) is 4.79 Å². The summed E-state index contributed by atoms with van der Waals surface area (Å²) in [5, 5.41) is 0. The molecule has 0 aliphatic heterocycles. The van der Waals surface area contributed by atoms with Crippen LogP contribution >= 0.6 is 0 Å². The SMILES string of the molecule is CCN(CC)C(CC)(CC)C(=O)CC#CC(C)(C)C. The molecule has 0 rings (SSSR count). The highest BCUT2D eigenvalue weighted by molar-refractivity contribution is 5.90. The number of rotatable bonds is 7. The number of Topliss-reactive ketones (excluding diaryl/α,β-unsaturated/α-hetero) is 1. The number of nitrogens with zero attached hydrogens (tertiary/aromatic N) is 1. The first-order valence-corrected chi connectivity index (χ1v) is 7.55. The van der Waals surface area contributed by atoms with E-state index in [4.69, 9.17) is 0 Å². The largest absolute Gasteiger partial charge is 0.297 e. The van der Waals surface area contributed by atoms with Gasteiger partial charge in [-0.2, -0.15) is 0 Å². The molecule has 2 heteroatoms. The lowest BCUT2D eigenvalue weighted by Crippen LogP contribution is -2.53. The third kappa shape index (κ3) is 4.99. The first-order chi connectivity index (χ1) is 8.77. The molecule has 0 radical (unpaired) electrons. The van der Waals surface area contributed by atoms with Crippen molar-refractivity contribution in [3.63, 3.8) is 0 Å². The molecule has 0 bridgehead atoms. The molecule has 0 aliphatic carbocycles. The van der Waals surface area contributed by atoms with E-state index in [1.165, 1.54) is 0 Å². The van der Waals surface area contributed by atoms with Gasteiger partial charge in [0.2, 0.25) is 0 Å². The van der Waals surface area contributed by atoms with Crippen LogP contribution in [-0.4, -0.2) is 29.3 Å². The van der Waals surface area contributed by atoms with Gasteiger partial charge in [0.05, 0.1) is 12.0 Å². The van der Waals surface area contributed by atoms with E-state index in [-0.39, 0.29) is 16.7 Å². The van der Waals surface area contributed by atoms with Crippen molar-refractivity contribution >= 4 is 5.78 Å². The Hall–Kier alpha value is -0.810. The lowest BCUT2D eigenvalue weighted by Gasteiger charge is -2.40. The van der Waals surface area contributed by atoms with Crippen LogP contribution in [0.25, 0.3) is 0 Å². The molecule has 0 atom stereocenters. The summed E-state index contributed by atoms with van der Waals surface area (Å²) in [5.74, 6) is 6.51. The van der Waals surface area contributed by atoms with Crippen LogP contribution in [0.2, 0.25) is 0 Å². The minimum absolute atomic E-state index is 0.0312. The van der Waals surface area contributed by atoms with E-state index in [1.807, 2.05) is 0 Å². The maximum atomic E-state index is 12.6. The van der Waals surface area contributed by atoms with Crippen LogP contribution in [0.5, 0.6) is 0 Å². The molecule has 0 aromatic carbocycles. The maximum Gasteiger partial charge on any atom is 0.164 e. The summed E-state index contributed by atoms with van der Waals surface area (Å²) in [5.41, 5.74) is -0.355. The van der Waals surface area contributed by atoms with Crippen LogP contribution in [0.4, 0.5) is 0 Å². The molecule has 0 saturated heterocycles. The number of hydrogen-bond donors (Lipinski definition) is 0. The Morgan fingerprint density at radius 2 is 1.47 bits per heavy atom. The van der Waals surface area contributed by atoms with Gasteiger partial charge in [-0.05, 0) is 46.7 Å². The van der Waals surface area contributed by atoms with E-state index in [0.717, 1.165) is 25.9 Å². The van der Waals surface area contributed by atoms with E-state index in [2.05, 4.69) is 65.2 Å². The highest BCUT2D eigenvalue weighted by Gasteiger charge is 2.38. The Bertz CT molecular complexity index is 332. The van der Waals surface area contributed by atoms with Crippen LogP contribution in [0.1, 0.15) is 67.7 Å². The van der Waals surface area contributed by atoms with E-state index >= 15 is 0 Å². The van der Waals surface area contributed by atoms with Gasteiger partial charge < -0.3 is 0 Å². The summed E-state index contributed by atoms with van der Waals surface area (Å²) in [6.07, 6.45) is 2.10. The lowest BCUT2D eigenvalue weighted by atomic mass is 9.84. The smallest absolute Gasteiger partial charge is 0.164 e. The highest BCUT2D eigenvalue weighted by Crippen LogP contribution is 2.26. The minimum Gasteiger partial charge on any atom is -0.297 e. The van der Waals surface area contributed by atoms with Gasteiger partial charge in [0.1, 0.15) is 0 Å². The van der Waals surface area contributed by atoms with Crippen LogP contribution in [0.15, 0.2) is 0 Å². The van der Waals surface area contributed by atoms with Crippen LogP contribution in [0.3, 0.4) is 0 Å². The summed E-state index contributed by atoms with van der Waals surface area (Å²) >= 11 is 0. The molecule has 0 N–H and O–H groups in total. The molecule has 0 unspecified atom stereocenters. The Morgan fingerprint density at radius 1 is 1.00 bits per heavy atom.